The van der Waals surface area contributed by atoms with Gasteiger partial charge in [-0.2, -0.15) is 0 Å². The predicted molar refractivity (Wildman–Crippen MR) is 98.7 cm³/mol. The average molecular weight is 386 g/mol. The topological polar surface area (TPSA) is 117 Å². The molecule has 8 heteroatoms. The molecule has 1 aromatic carbocycles. The third-order valence-corrected chi connectivity index (χ3v) is 4.85. The lowest BCUT2D eigenvalue weighted by Crippen LogP contribution is -2.49. The van der Waals surface area contributed by atoms with Crippen LogP contribution in [0.2, 0.25) is 0 Å². The minimum absolute atomic E-state index is 0.0128. The number of allylic oxidation sites excluding steroid dienone is 1. The molecule has 0 aromatic heterocycles. The maximum Gasteiger partial charge on any atom is 0.341 e. The third-order valence-electron chi connectivity index (χ3n) is 4.85. The zero-order valence-electron chi connectivity index (χ0n) is 16.0. The molecule has 0 aliphatic carbocycles. The van der Waals surface area contributed by atoms with Gasteiger partial charge in [-0.3, -0.25) is 4.79 Å². The van der Waals surface area contributed by atoms with Crippen molar-refractivity contribution in [2.24, 2.45) is 5.73 Å². The maximum absolute atomic E-state index is 13.2. The van der Waals surface area contributed by atoms with Crippen LogP contribution in [-0.2, 0) is 29.3 Å². The highest BCUT2D eigenvalue weighted by atomic mass is 16.5. The molecule has 0 bridgehead atoms. The van der Waals surface area contributed by atoms with E-state index in [-0.39, 0.29) is 35.1 Å². The Kier molecular flexibility index (Phi) is 5.13. The molecule has 1 spiro atoms. The maximum atomic E-state index is 13.2. The Morgan fingerprint density at radius 3 is 2.61 bits per heavy atom. The first kappa shape index (κ1) is 19.5. The zero-order chi connectivity index (χ0) is 20.5. The third kappa shape index (κ3) is 2.72. The van der Waals surface area contributed by atoms with E-state index < -0.39 is 23.3 Å². The fourth-order valence-corrected chi connectivity index (χ4v) is 3.61. The fourth-order valence-electron chi connectivity index (χ4n) is 3.61. The van der Waals surface area contributed by atoms with Crippen molar-refractivity contribution in [2.45, 2.75) is 32.1 Å². The molecule has 0 radical (unpaired) electrons. The number of ether oxygens (including phenoxy) is 3. The summed E-state index contributed by atoms with van der Waals surface area (Å²) in [5.74, 6) is -2.17. The van der Waals surface area contributed by atoms with Crippen molar-refractivity contribution in [3.63, 3.8) is 0 Å². The van der Waals surface area contributed by atoms with Crippen LogP contribution in [0.15, 0.2) is 47.0 Å². The summed E-state index contributed by atoms with van der Waals surface area (Å²) in [4.78, 5) is 38.9. The van der Waals surface area contributed by atoms with E-state index in [1.54, 1.807) is 31.2 Å². The van der Waals surface area contributed by atoms with Crippen LogP contribution in [0, 0.1) is 0 Å². The first-order valence-corrected chi connectivity index (χ1v) is 8.95. The number of para-hydroxylation sites is 1. The number of carbonyl (C=O) groups excluding carboxylic acids is 3. The summed E-state index contributed by atoms with van der Waals surface area (Å²) in [6.07, 6.45) is 1.47. The fraction of sp³-hybridized carbons (Fsp3) is 0.350. The van der Waals surface area contributed by atoms with Gasteiger partial charge in [0.15, 0.2) is 0 Å². The lowest BCUT2D eigenvalue weighted by Gasteiger charge is -2.35. The Labute approximate surface area is 162 Å². The van der Waals surface area contributed by atoms with Gasteiger partial charge in [0.2, 0.25) is 11.8 Å². The summed E-state index contributed by atoms with van der Waals surface area (Å²) in [6, 6.07) is 6.61. The number of unbranched alkanes of at least 4 members (excludes halogenated alkanes) is 1. The lowest BCUT2D eigenvalue weighted by molar-refractivity contribution is -0.142. The molecule has 8 nitrogen and oxygen atoms in total. The number of benzene rings is 1. The molecular formula is C20H22N2O6. The largest absolute Gasteiger partial charge is 0.466 e. The summed E-state index contributed by atoms with van der Waals surface area (Å²) in [5, 5.41) is 2.64. The molecule has 2 aliphatic rings. The van der Waals surface area contributed by atoms with Crippen LogP contribution in [0.4, 0.5) is 0 Å². The standard InChI is InChI=1S/C20H22N2O6/c1-4-5-10-27-18(24)15-16(21)28-13-9-7-6-8-12(13)20(15)14(17(23)26-3)11(2)22-19(20)25/h6-9H,4-5,10,21H2,1-3H3,(H,22,25)/t20-/m1/s1. The van der Waals surface area contributed by atoms with Crippen LogP contribution in [0.25, 0.3) is 0 Å². The molecule has 1 atom stereocenters. The molecule has 3 rings (SSSR count). The number of hydrogen-bond acceptors (Lipinski definition) is 7. The molecule has 0 fully saturated rings. The highest BCUT2D eigenvalue weighted by molar-refractivity contribution is 6.17. The van der Waals surface area contributed by atoms with Crippen molar-refractivity contribution in [2.75, 3.05) is 13.7 Å². The second-order valence-electron chi connectivity index (χ2n) is 6.52. The molecule has 0 saturated carbocycles. The van der Waals surface area contributed by atoms with Crippen molar-refractivity contribution in [1.82, 2.24) is 5.32 Å². The van der Waals surface area contributed by atoms with Gasteiger partial charge >= 0.3 is 11.9 Å². The number of carbonyl (C=O) groups is 3. The number of nitrogens with two attached hydrogens (primary N) is 1. The normalized spacial score (nSPS) is 20.6. The van der Waals surface area contributed by atoms with E-state index in [1.807, 2.05) is 6.92 Å². The Hall–Kier alpha value is -3.29. The number of fused-ring (bicyclic) bond motifs is 2. The summed E-state index contributed by atoms with van der Waals surface area (Å²) >= 11 is 0. The van der Waals surface area contributed by atoms with Crippen molar-refractivity contribution in [3.8, 4) is 5.75 Å². The van der Waals surface area contributed by atoms with E-state index in [1.165, 1.54) is 7.11 Å². The summed E-state index contributed by atoms with van der Waals surface area (Å²) in [7, 11) is 1.21. The molecular weight excluding hydrogens is 364 g/mol. The first-order chi connectivity index (χ1) is 13.4. The molecule has 3 N–H and O–H groups in total. The number of esters is 2. The van der Waals surface area contributed by atoms with Gasteiger partial charge in [-0.05, 0) is 19.4 Å². The van der Waals surface area contributed by atoms with Gasteiger partial charge in [-0.1, -0.05) is 31.5 Å². The van der Waals surface area contributed by atoms with Gasteiger partial charge in [0.1, 0.15) is 16.7 Å². The van der Waals surface area contributed by atoms with E-state index >= 15 is 0 Å². The SMILES string of the molecule is CCCCOC(=O)C1=C(N)Oc2ccccc2[C@]12C(=O)NC(C)=C2C(=O)OC. The van der Waals surface area contributed by atoms with Crippen molar-refractivity contribution in [3.05, 3.63) is 52.6 Å². The van der Waals surface area contributed by atoms with Crippen LogP contribution in [0.5, 0.6) is 5.75 Å². The zero-order valence-corrected chi connectivity index (χ0v) is 16.0. The van der Waals surface area contributed by atoms with E-state index in [0.717, 1.165) is 6.42 Å². The lowest BCUT2D eigenvalue weighted by atomic mass is 9.67. The van der Waals surface area contributed by atoms with E-state index in [0.29, 0.717) is 12.0 Å². The predicted octanol–water partition coefficient (Wildman–Crippen LogP) is 1.41. The molecule has 1 aromatic rings. The first-order valence-electron chi connectivity index (χ1n) is 8.95. The van der Waals surface area contributed by atoms with Crippen LogP contribution in [-0.4, -0.2) is 31.6 Å². The monoisotopic (exact) mass is 386 g/mol. The average Bonchev–Trinajstić information content (AvgIpc) is 2.92. The summed E-state index contributed by atoms with van der Waals surface area (Å²) in [6.45, 7) is 3.67. The molecule has 1 amide bonds. The summed E-state index contributed by atoms with van der Waals surface area (Å²) < 4.78 is 15.8. The number of nitrogens with one attached hydrogen (secondary N) is 1. The smallest absolute Gasteiger partial charge is 0.341 e. The molecule has 0 saturated heterocycles. The second kappa shape index (κ2) is 7.38. The summed E-state index contributed by atoms with van der Waals surface area (Å²) in [5.41, 5.74) is 4.62. The van der Waals surface area contributed by atoms with Gasteiger partial charge in [-0.15, -0.1) is 0 Å². The minimum atomic E-state index is -1.81. The Morgan fingerprint density at radius 1 is 1.21 bits per heavy atom. The number of rotatable bonds is 5. The van der Waals surface area contributed by atoms with E-state index in [4.69, 9.17) is 19.9 Å². The van der Waals surface area contributed by atoms with E-state index in [9.17, 15) is 14.4 Å². The van der Waals surface area contributed by atoms with Crippen LogP contribution in [0.3, 0.4) is 0 Å². The van der Waals surface area contributed by atoms with Crippen LogP contribution in [0.1, 0.15) is 32.3 Å². The van der Waals surface area contributed by atoms with Crippen molar-refractivity contribution in [1.29, 1.82) is 0 Å². The minimum Gasteiger partial charge on any atom is -0.466 e. The quantitative estimate of drug-likeness (QED) is 0.580. The van der Waals surface area contributed by atoms with Gasteiger partial charge in [0.25, 0.3) is 0 Å². The Morgan fingerprint density at radius 2 is 1.93 bits per heavy atom. The van der Waals surface area contributed by atoms with Gasteiger partial charge in [0, 0.05) is 11.3 Å². The molecule has 28 heavy (non-hydrogen) atoms. The molecule has 2 heterocycles. The molecule has 0 unspecified atom stereocenters. The molecule has 148 valence electrons. The second-order valence-corrected chi connectivity index (χ2v) is 6.52. The van der Waals surface area contributed by atoms with Crippen molar-refractivity contribution < 1.29 is 28.6 Å². The van der Waals surface area contributed by atoms with Gasteiger partial charge in [-0.25, -0.2) is 9.59 Å². The van der Waals surface area contributed by atoms with Gasteiger partial charge in [0.05, 0.1) is 19.3 Å². The highest BCUT2D eigenvalue weighted by Gasteiger charge is 2.61. The van der Waals surface area contributed by atoms with Crippen LogP contribution < -0.4 is 15.8 Å². The van der Waals surface area contributed by atoms with Crippen molar-refractivity contribution >= 4 is 17.8 Å². The highest BCUT2D eigenvalue weighted by Crippen LogP contribution is 2.51. The van der Waals surface area contributed by atoms with Crippen LogP contribution >= 0.6 is 0 Å². The number of methoxy groups -OCH3 is 1. The number of amides is 1. The molecule has 2 aliphatic heterocycles. The Bertz CT molecular complexity index is 917. The van der Waals surface area contributed by atoms with E-state index in [2.05, 4.69) is 5.32 Å². The number of hydrogen-bond donors (Lipinski definition) is 2. The van der Waals surface area contributed by atoms with Gasteiger partial charge < -0.3 is 25.3 Å². The Balaban J connectivity index is 2.28.